The molecule has 0 aliphatic carbocycles. The van der Waals surface area contributed by atoms with Gasteiger partial charge in [0.25, 0.3) is 0 Å². The molecule has 0 radical (unpaired) electrons. The number of benzene rings is 2. The van der Waals surface area contributed by atoms with Crippen LogP contribution in [0.25, 0.3) is 0 Å². The highest BCUT2D eigenvalue weighted by molar-refractivity contribution is 9.10. The number of nitrogens with one attached hydrogen (secondary N) is 2. The van der Waals surface area contributed by atoms with E-state index in [-0.39, 0.29) is 6.54 Å². The molecule has 30 heavy (non-hydrogen) atoms. The summed E-state index contributed by atoms with van der Waals surface area (Å²) in [5, 5.41) is 3.17. The normalized spacial score (nSPS) is 12.7. The van der Waals surface area contributed by atoms with Crippen LogP contribution in [0.3, 0.4) is 0 Å². The standard InChI is InChI=1S/C21H15BrClN5O2/c22-13-4-9-17-16(11-13)20(18-3-1-2-10-24-18)25-12-19(27-17)28-30-21(29)26-15-7-5-14(23)6-8-15/h1-11H,12H2,(H,26,29)(H,27,28). The minimum atomic E-state index is -0.686. The summed E-state index contributed by atoms with van der Waals surface area (Å²) < 4.78 is 0.898. The van der Waals surface area contributed by atoms with Gasteiger partial charge in [-0.05, 0) is 54.6 Å². The molecule has 0 atom stereocenters. The highest BCUT2D eigenvalue weighted by Crippen LogP contribution is 2.28. The van der Waals surface area contributed by atoms with Crippen LogP contribution >= 0.6 is 27.5 Å². The Hall–Kier alpha value is -3.23. The van der Waals surface area contributed by atoms with Crippen molar-refractivity contribution >= 4 is 56.5 Å². The van der Waals surface area contributed by atoms with Gasteiger partial charge in [0.05, 0.1) is 17.1 Å². The fourth-order valence-electron chi connectivity index (χ4n) is 2.77. The summed E-state index contributed by atoms with van der Waals surface area (Å²) in [5.41, 5.74) is 6.10. The minimum Gasteiger partial charge on any atom is -0.323 e. The van der Waals surface area contributed by atoms with Crippen molar-refractivity contribution in [2.75, 3.05) is 11.9 Å². The third kappa shape index (κ3) is 4.84. The number of nitrogens with zero attached hydrogens (tertiary/aromatic N) is 3. The average molecular weight is 485 g/mol. The van der Waals surface area contributed by atoms with Crippen LogP contribution in [0.5, 0.6) is 0 Å². The Balaban J connectivity index is 1.52. The topological polar surface area (TPSA) is 88.0 Å². The number of carbonyl (C=O) groups is 1. The Morgan fingerprint density at radius 1 is 1.10 bits per heavy atom. The predicted octanol–water partition coefficient (Wildman–Crippen LogP) is 5.13. The molecule has 2 heterocycles. The van der Waals surface area contributed by atoms with E-state index >= 15 is 0 Å². The number of hydrogen-bond donors (Lipinski definition) is 2. The maximum atomic E-state index is 12.1. The lowest BCUT2D eigenvalue weighted by molar-refractivity contribution is 0.134. The van der Waals surface area contributed by atoms with Gasteiger partial charge in [-0.15, -0.1) is 0 Å². The van der Waals surface area contributed by atoms with Crippen molar-refractivity contribution in [2.45, 2.75) is 0 Å². The van der Waals surface area contributed by atoms with Crippen molar-refractivity contribution in [3.8, 4) is 0 Å². The summed E-state index contributed by atoms with van der Waals surface area (Å²) in [6.07, 6.45) is 1.03. The van der Waals surface area contributed by atoms with Gasteiger partial charge in [-0.2, -0.15) is 0 Å². The summed E-state index contributed by atoms with van der Waals surface area (Å²) in [6.45, 7) is 0.187. The van der Waals surface area contributed by atoms with Crippen molar-refractivity contribution < 1.29 is 9.63 Å². The van der Waals surface area contributed by atoms with E-state index < -0.39 is 6.09 Å². The van der Waals surface area contributed by atoms with Crippen LogP contribution in [0, 0.1) is 0 Å². The van der Waals surface area contributed by atoms with Gasteiger partial charge < -0.3 is 4.84 Å². The number of rotatable bonds is 2. The zero-order valence-corrected chi connectivity index (χ0v) is 17.8. The van der Waals surface area contributed by atoms with Crippen LogP contribution in [-0.4, -0.2) is 29.2 Å². The van der Waals surface area contributed by atoms with Crippen molar-refractivity contribution in [3.63, 3.8) is 0 Å². The number of pyridine rings is 1. The smallest absolute Gasteiger partial charge is 0.323 e. The molecule has 9 heteroatoms. The lowest BCUT2D eigenvalue weighted by Gasteiger charge is -2.09. The number of hydroxylamine groups is 1. The first-order valence-corrected chi connectivity index (χ1v) is 10.1. The molecule has 0 bridgehead atoms. The highest BCUT2D eigenvalue weighted by Gasteiger charge is 2.18. The minimum absolute atomic E-state index is 0.187. The third-order valence-electron chi connectivity index (χ3n) is 4.12. The number of fused-ring (bicyclic) bond motifs is 1. The number of anilines is 1. The van der Waals surface area contributed by atoms with E-state index in [1.165, 1.54) is 0 Å². The summed E-state index contributed by atoms with van der Waals surface area (Å²) in [7, 11) is 0. The lowest BCUT2D eigenvalue weighted by atomic mass is 10.0. The van der Waals surface area contributed by atoms with Gasteiger partial charge in [-0.1, -0.05) is 33.6 Å². The quantitative estimate of drug-likeness (QED) is 0.494. The molecule has 4 rings (SSSR count). The van der Waals surface area contributed by atoms with E-state index in [4.69, 9.17) is 16.4 Å². The summed E-state index contributed by atoms with van der Waals surface area (Å²) >= 11 is 9.33. The van der Waals surface area contributed by atoms with Crippen molar-refractivity contribution in [1.82, 2.24) is 10.5 Å². The molecule has 0 saturated carbocycles. The molecule has 3 aromatic rings. The summed E-state index contributed by atoms with van der Waals surface area (Å²) in [6, 6.07) is 18.0. The number of aliphatic imine (C=N–C) groups is 2. The zero-order valence-electron chi connectivity index (χ0n) is 15.5. The second-order valence-electron chi connectivity index (χ2n) is 6.22. The molecular weight excluding hydrogens is 470 g/mol. The lowest BCUT2D eigenvalue weighted by Crippen LogP contribution is -2.31. The second kappa shape index (κ2) is 9.06. The molecule has 1 aromatic heterocycles. The van der Waals surface area contributed by atoms with Gasteiger partial charge in [0.2, 0.25) is 0 Å². The Bertz CT molecular complexity index is 1130. The first-order chi connectivity index (χ1) is 14.6. The molecule has 0 fully saturated rings. The number of aromatic nitrogens is 1. The largest absolute Gasteiger partial charge is 0.435 e. The van der Waals surface area contributed by atoms with Gasteiger partial charge >= 0.3 is 6.09 Å². The molecular formula is C21H15BrClN5O2. The van der Waals surface area contributed by atoms with Crippen molar-refractivity contribution in [3.05, 3.63) is 87.6 Å². The molecule has 0 spiro atoms. The molecule has 150 valence electrons. The van der Waals surface area contributed by atoms with Crippen molar-refractivity contribution in [2.24, 2.45) is 9.98 Å². The van der Waals surface area contributed by atoms with Gasteiger partial charge in [-0.25, -0.2) is 15.3 Å². The van der Waals surface area contributed by atoms with Gasteiger partial charge in [0.15, 0.2) is 5.84 Å². The number of amides is 1. The van der Waals surface area contributed by atoms with Gasteiger partial charge in [0.1, 0.15) is 6.54 Å². The highest BCUT2D eigenvalue weighted by atomic mass is 79.9. The number of halogens is 2. The van der Waals surface area contributed by atoms with E-state index in [0.29, 0.717) is 27.9 Å². The Morgan fingerprint density at radius 2 is 1.93 bits per heavy atom. The van der Waals surface area contributed by atoms with E-state index in [1.807, 2.05) is 36.4 Å². The molecule has 0 unspecified atom stereocenters. The molecule has 2 N–H and O–H groups in total. The second-order valence-corrected chi connectivity index (χ2v) is 7.58. The molecule has 1 aliphatic rings. The predicted molar refractivity (Wildman–Crippen MR) is 121 cm³/mol. The molecule has 0 saturated heterocycles. The SMILES string of the molecule is O=C(Nc1ccc(Cl)cc1)ONC1=Nc2ccc(Br)cc2C(c2ccccn2)=NC1. The van der Waals surface area contributed by atoms with Gasteiger partial charge in [0, 0.05) is 26.9 Å². The summed E-state index contributed by atoms with van der Waals surface area (Å²) in [5.74, 6) is 0.385. The van der Waals surface area contributed by atoms with Crippen LogP contribution in [0.4, 0.5) is 16.2 Å². The van der Waals surface area contributed by atoms with E-state index in [1.54, 1.807) is 30.5 Å². The Kier molecular flexibility index (Phi) is 6.06. The van der Waals surface area contributed by atoms with Crippen LogP contribution in [0.2, 0.25) is 5.02 Å². The first kappa shape index (κ1) is 20.1. The van der Waals surface area contributed by atoms with Gasteiger partial charge in [-0.3, -0.25) is 15.3 Å². The fourth-order valence-corrected chi connectivity index (χ4v) is 3.26. The number of amidine groups is 1. The van der Waals surface area contributed by atoms with Crippen molar-refractivity contribution in [1.29, 1.82) is 0 Å². The molecule has 2 aromatic carbocycles. The van der Waals surface area contributed by atoms with E-state index in [9.17, 15) is 4.79 Å². The fraction of sp³-hybridized carbons (Fsp3) is 0.0476. The third-order valence-corrected chi connectivity index (χ3v) is 4.86. The maximum absolute atomic E-state index is 12.1. The monoisotopic (exact) mass is 483 g/mol. The Labute approximate surface area is 186 Å². The number of hydrogen-bond acceptors (Lipinski definition) is 6. The van der Waals surface area contributed by atoms with Crippen LogP contribution in [0.1, 0.15) is 11.3 Å². The molecule has 1 amide bonds. The average Bonchev–Trinajstić information content (AvgIpc) is 2.93. The first-order valence-electron chi connectivity index (χ1n) is 8.91. The Morgan fingerprint density at radius 3 is 2.70 bits per heavy atom. The van der Waals surface area contributed by atoms with E-state index in [2.05, 4.69) is 41.7 Å². The molecule has 1 aliphatic heterocycles. The maximum Gasteiger partial charge on any atom is 0.435 e. The van der Waals surface area contributed by atoms with Crippen LogP contribution in [-0.2, 0) is 4.84 Å². The zero-order chi connectivity index (χ0) is 20.9. The summed E-state index contributed by atoms with van der Waals surface area (Å²) in [4.78, 5) is 30.8. The van der Waals surface area contributed by atoms with E-state index in [0.717, 1.165) is 15.7 Å². The van der Waals surface area contributed by atoms with Crippen LogP contribution < -0.4 is 10.8 Å². The molecule has 7 nitrogen and oxygen atoms in total. The number of carbonyl (C=O) groups excluding carboxylic acids is 1. The van der Waals surface area contributed by atoms with Crippen LogP contribution in [0.15, 0.2) is 81.3 Å².